The van der Waals surface area contributed by atoms with Crippen LogP contribution in [-0.2, 0) is 14.3 Å². The zero-order chi connectivity index (χ0) is 46.6. The number of hydrogen-bond donors (Lipinski definition) is 6. The Kier molecular flexibility index (Phi) is 43.9. The molecule has 64 heavy (non-hydrogen) atoms. The molecule has 382 valence electrons. The monoisotopic (exact) mass is 912 g/mol. The van der Waals surface area contributed by atoms with Crippen LogP contribution in [0, 0.1) is 0 Å². The van der Waals surface area contributed by atoms with Crippen molar-refractivity contribution in [1.82, 2.24) is 5.32 Å². The van der Waals surface area contributed by atoms with Crippen molar-refractivity contribution in [2.75, 3.05) is 13.2 Å². The van der Waals surface area contributed by atoms with Crippen molar-refractivity contribution in [3.05, 3.63) is 0 Å². The van der Waals surface area contributed by atoms with Gasteiger partial charge >= 0.3 is 0 Å². The number of carbonyl (C=O) groups excluding carboxylic acids is 1. The summed E-state index contributed by atoms with van der Waals surface area (Å²) in [5.41, 5.74) is 0. The molecular weight excluding hydrogens is 803 g/mol. The van der Waals surface area contributed by atoms with E-state index in [2.05, 4.69) is 19.2 Å². The summed E-state index contributed by atoms with van der Waals surface area (Å²) >= 11 is 0. The van der Waals surface area contributed by atoms with Gasteiger partial charge in [-0.25, -0.2) is 0 Å². The zero-order valence-electron chi connectivity index (χ0n) is 42.3. The number of carbonyl (C=O) groups is 1. The molecular formula is C55H109NO8. The molecule has 0 bridgehead atoms. The number of unbranched alkanes of at least 4 members (excludes halogenated alkanes) is 39. The first-order chi connectivity index (χ1) is 31.3. The van der Waals surface area contributed by atoms with E-state index in [9.17, 15) is 30.3 Å². The first kappa shape index (κ1) is 61.2. The lowest BCUT2D eigenvalue weighted by Crippen LogP contribution is -2.60. The highest BCUT2D eigenvalue weighted by atomic mass is 16.7. The maximum atomic E-state index is 13.0. The number of nitrogens with one attached hydrogen (secondary N) is 1. The summed E-state index contributed by atoms with van der Waals surface area (Å²) in [6.07, 6.45) is 47.2. The molecule has 0 saturated carbocycles. The van der Waals surface area contributed by atoms with E-state index in [-0.39, 0.29) is 12.5 Å². The SMILES string of the molecule is CCCCCCCCCCCCCCCCCCCCCCCCCCCCCCCC(=O)N[C@@H](CO[C@@H]1O[C@H](CO)[C@H](O)C(O)C1O)[C@H](O)CCCCCCCCCCCCCC. The highest BCUT2D eigenvalue weighted by Gasteiger charge is 2.44. The van der Waals surface area contributed by atoms with E-state index in [1.807, 2.05) is 0 Å². The van der Waals surface area contributed by atoms with Gasteiger partial charge < -0.3 is 40.3 Å². The second-order valence-corrected chi connectivity index (χ2v) is 20.1. The van der Waals surface area contributed by atoms with Crippen molar-refractivity contribution in [2.45, 2.75) is 333 Å². The molecule has 1 rings (SSSR count). The minimum absolute atomic E-state index is 0.132. The molecule has 6 N–H and O–H groups in total. The average molecular weight is 912 g/mol. The van der Waals surface area contributed by atoms with E-state index in [0.717, 1.165) is 38.5 Å². The fraction of sp³-hybridized carbons (Fsp3) is 0.982. The molecule has 1 amide bonds. The van der Waals surface area contributed by atoms with Gasteiger partial charge in [-0.3, -0.25) is 4.79 Å². The smallest absolute Gasteiger partial charge is 0.220 e. The molecule has 1 saturated heterocycles. The van der Waals surface area contributed by atoms with Crippen LogP contribution in [0.15, 0.2) is 0 Å². The predicted octanol–water partition coefficient (Wildman–Crippen LogP) is 13.5. The first-order valence-corrected chi connectivity index (χ1v) is 28.2. The van der Waals surface area contributed by atoms with Crippen LogP contribution in [0.25, 0.3) is 0 Å². The summed E-state index contributed by atoms with van der Waals surface area (Å²) < 4.78 is 11.3. The first-order valence-electron chi connectivity index (χ1n) is 28.2. The van der Waals surface area contributed by atoms with E-state index in [1.54, 1.807) is 0 Å². The normalized spacial score (nSPS) is 19.9. The minimum Gasteiger partial charge on any atom is -0.394 e. The molecule has 7 atom stereocenters. The van der Waals surface area contributed by atoms with Crippen LogP contribution in [-0.4, -0.2) is 87.5 Å². The summed E-state index contributed by atoms with van der Waals surface area (Å²) in [5.74, 6) is -0.138. The lowest BCUT2D eigenvalue weighted by atomic mass is 9.99. The Morgan fingerprint density at radius 2 is 0.781 bits per heavy atom. The number of aliphatic hydroxyl groups excluding tert-OH is 5. The Hall–Kier alpha value is -0.810. The number of ether oxygens (including phenoxy) is 2. The number of rotatable bonds is 49. The molecule has 1 fully saturated rings. The summed E-state index contributed by atoms with van der Waals surface area (Å²) in [7, 11) is 0. The number of amides is 1. The molecule has 0 aliphatic carbocycles. The molecule has 0 spiro atoms. The third-order valence-corrected chi connectivity index (χ3v) is 14.0. The lowest BCUT2D eigenvalue weighted by molar-refractivity contribution is -0.302. The van der Waals surface area contributed by atoms with E-state index >= 15 is 0 Å². The van der Waals surface area contributed by atoms with Gasteiger partial charge in [-0.2, -0.15) is 0 Å². The Morgan fingerprint density at radius 1 is 0.469 bits per heavy atom. The summed E-state index contributed by atoms with van der Waals surface area (Å²) in [6, 6.07) is -0.712. The molecule has 0 aromatic rings. The molecule has 1 aliphatic rings. The van der Waals surface area contributed by atoms with Gasteiger partial charge in [-0.15, -0.1) is 0 Å². The van der Waals surface area contributed by atoms with Crippen LogP contribution in [0.3, 0.4) is 0 Å². The molecule has 0 aromatic carbocycles. The van der Waals surface area contributed by atoms with Crippen LogP contribution in [0.5, 0.6) is 0 Å². The average Bonchev–Trinajstić information content (AvgIpc) is 3.29. The van der Waals surface area contributed by atoms with Gasteiger partial charge in [0, 0.05) is 6.42 Å². The molecule has 1 heterocycles. The molecule has 2 unspecified atom stereocenters. The van der Waals surface area contributed by atoms with Crippen molar-refractivity contribution in [2.24, 2.45) is 0 Å². The lowest BCUT2D eigenvalue weighted by Gasteiger charge is -2.40. The molecule has 1 aliphatic heterocycles. The molecule has 9 heteroatoms. The third-order valence-electron chi connectivity index (χ3n) is 14.0. The molecule has 0 aromatic heterocycles. The van der Waals surface area contributed by atoms with Gasteiger partial charge in [0.2, 0.25) is 5.91 Å². The number of hydrogen-bond acceptors (Lipinski definition) is 8. The summed E-state index contributed by atoms with van der Waals surface area (Å²) in [5, 5.41) is 54.5. The maximum Gasteiger partial charge on any atom is 0.220 e. The van der Waals surface area contributed by atoms with Gasteiger partial charge in [0.1, 0.15) is 24.4 Å². The second-order valence-electron chi connectivity index (χ2n) is 20.1. The topological polar surface area (TPSA) is 149 Å². The minimum atomic E-state index is -1.55. The van der Waals surface area contributed by atoms with E-state index in [1.165, 1.54) is 225 Å². The summed E-state index contributed by atoms with van der Waals surface area (Å²) in [6.45, 7) is 3.86. The van der Waals surface area contributed by atoms with Crippen LogP contribution in [0.4, 0.5) is 0 Å². The summed E-state index contributed by atoms with van der Waals surface area (Å²) in [4.78, 5) is 13.0. The van der Waals surface area contributed by atoms with Gasteiger partial charge in [-0.05, 0) is 12.8 Å². The highest BCUT2D eigenvalue weighted by Crippen LogP contribution is 2.23. The predicted molar refractivity (Wildman–Crippen MR) is 268 cm³/mol. The maximum absolute atomic E-state index is 13.0. The fourth-order valence-corrected chi connectivity index (χ4v) is 9.46. The Labute approximate surface area is 395 Å². The van der Waals surface area contributed by atoms with Gasteiger partial charge in [-0.1, -0.05) is 271 Å². The largest absolute Gasteiger partial charge is 0.394 e. The Balaban J connectivity index is 2.11. The van der Waals surface area contributed by atoms with Crippen molar-refractivity contribution < 1.29 is 39.8 Å². The van der Waals surface area contributed by atoms with E-state index < -0.39 is 49.5 Å². The fourth-order valence-electron chi connectivity index (χ4n) is 9.46. The van der Waals surface area contributed by atoms with Gasteiger partial charge in [0.15, 0.2) is 6.29 Å². The van der Waals surface area contributed by atoms with Crippen molar-refractivity contribution in [1.29, 1.82) is 0 Å². The zero-order valence-corrected chi connectivity index (χ0v) is 42.3. The van der Waals surface area contributed by atoms with Crippen molar-refractivity contribution in [3.63, 3.8) is 0 Å². The van der Waals surface area contributed by atoms with E-state index in [4.69, 9.17) is 9.47 Å². The number of aliphatic hydroxyl groups is 5. The van der Waals surface area contributed by atoms with Crippen LogP contribution in [0.1, 0.15) is 290 Å². The standard InChI is InChI=1S/C55H109NO8/c1-3-5-7-9-11-13-15-17-18-19-20-21-22-23-24-25-26-27-28-29-30-31-32-33-35-37-39-41-43-45-51(59)56-48(47-63-55-54(62)53(61)52(60)50(46-57)64-55)49(58)44-42-40-38-36-34-16-14-12-10-8-6-4-2/h48-50,52-55,57-58,60-62H,3-47H2,1-2H3,(H,56,59)/t48-,49+,50+,52-,53?,54?,55+/m0/s1. The van der Waals surface area contributed by atoms with Crippen LogP contribution in [0.2, 0.25) is 0 Å². The second kappa shape index (κ2) is 45.9. The van der Waals surface area contributed by atoms with E-state index in [0.29, 0.717) is 12.8 Å². The Bertz CT molecular complexity index is 970. The molecule has 9 nitrogen and oxygen atoms in total. The van der Waals surface area contributed by atoms with Gasteiger partial charge in [0.05, 0.1) is 25.4 Å². The van der Waals surface area contributed by atoms with Crippen molar-refractivity contribution in [3.8, 4) is 0 Å². The van der Waals surface area contributed by atoms with Crippen LogP contribution >= 0.6 is 0 Å². The van der Waals surface area contributed by atoms with Gasteiger partial charge in [0.25, 0.3) is 0 Å². The highest BCUT2D eigenvalue weighted by molar-refractivity contribution is 5.76. The Morgan fingerprint density at radius 3 is 1.11 bits per heavy atom. The quantitative estimate of drug-likeness (QED) is 0.0331. The third kappa shape index (κ3) is 35.3. The molecule has 0 radical (unpaired) electrons. The van der Waals surface area contributed by atoms with Crippen molar-refractivity contribution >= 4 is 5.91 Å². The van der Waals surface area contributed by atoms with Crippen LogP contribution < -0.4 is 5.32 Å².